The highest BCUT2D eigenvalue weighted by molar-refractivity contribution is 6.08. The average Bonchev–Trinajstić information content (AvgIpc) is 3.03. The number of ether oxygens (including phenoxy) is 1. The van der Waals surface area contributed by atoms with E-state index in [-0.39, 0.29) is 6.42 Å². The maximum atomic E-state index is 12.9. The van der Waals surface area contributed by atoms with Crippen LogP contribution in [0.4, 0.5) is 4.79 Å². The summed E-state index contributed by atoms with van der Waals surface area (Å²) in [4.78, 5) is 49.3. The van der Waals surface area contributed by atoms with Crippen LogP contribution >= 0.6 is 0 Å². The standard InChI is InChI=1S/C21H21N3O6/c1-2-21(15-11-7-4-8-12-15)19(28)24(20(29)22-21)23-16(25)13-30-18(27)17(26)14-9-5-3-6-10-14/h3-12,17,26H,2,13H2,1H3,(H,22,29)(H,23,25)/t17-,21-/m1/s1. The summed E-state index contributed by atoms with van der Waals surface area (Å²) in [7, 11) is 0. The van der Waals surface area contributed by atoms with Gasteiger partial charge in [-0.15, -0.1) is 0 Å². The number of carbonyl (C=O) groups excluding carboxylic acids is 4. The van der Waals surface area contributed by atoms with Crippen molar-refractivity contribution in [2.45, 2.75) is 25.0 Å². The zero-order valence-corrected chi connectivity index (χ0v) is 16.2. The van der Waals surface area contributed by atoms with Crippen molar-refractivity contribution in [2.24, 2.45) is 0 Å². The molecule has 3 N–H and O–H groups in total. The number of urea groups is 1. The van der Waals surface area contributed by atoms with Crippen LogP contribution in [0.5, 0.6) is 0 Å². The SMILES string of the molecule is CC[C@]1(c2ccccc2)NC(=O)N(NC(=O)COC(=O)[C@H](O)c2ccccc2)C1=O. The molecule has 9 heteroatoms. The fourth-order valence-electron chi connectivity index (χ4n) is 3.18. The maximum absolute atomic E-state index is 12.9. The second-order valence-corrected chi connectivity index (χ2v) is 6.65. The van der Waals surface area contributed by atoms with Crippen molar-refractivity contribution in [3.8, 4) is 0 Å². The molecule has 0 bridgehead atoms. The van der Waals surface area contributed by atoms with Gasteiger partial charge in [0.15, 0.2) is 12.7 Å². The molecular formula is C21H21N3O6. The predicted molar refractivity (Wildman–Crippen MR) is 104 cm³/mol. The Morgan fingerprint density at radius 1 is 1.10 bits per heavy atom. The number of benzene rings is 2. The molecule has 156 valence electrons. The fraction of sp³-hybridized carbons (Fsp3) is 0.238. The molecule has 1 fully saturated rings. The van der Waals surface area contributed by atoms with E-state index in [0.29, 0.717) is 16.1 Å². The number of hydrogen-bond acceptors (Lipinski definition) is 6. The Kier molecular flexibility index (Phi) is 6.12. The average molecular weight is 411 g/mol. The third kappa shape index (κ3) is 4.01. The Labute approximate surface area is 172 Å². The van der Waals surface area contributed by atoms with Crippen LogP contribution < -0.4 is 10.7 Å². The molecule has 3 rings (SSSR count). The monoisotopic (exact) mass is 411 g/mol. The molecule has 2 atom stereocenters. The zero-order valence-electron chi connectivity index (χ0n) is 16.2. The van der Waals surface area contributed by atoms with Gasteiger partial charge in [0.1, 0.15) is 5.54 Å². The first-order valence-electron chi connectivity index (χ1n) is 9.30. The van der Waals surface area contributed by atoms with Crippen LogP contribution in [0.2, 0.25) is 0 Å². The second kappa shape index (κ2) is 8.75. The van der Waals surface area contributed by atoms with Gasteiger partial charge in [0.25, 0.3) is 11.8 Å². The molecule has 0 unspecified atom stereocenters. The van der Waals surface area contributed by atoms with Crippen molar-refractivity contribution < 1.29 is 29.0 Å². The van der Waals surface area contributed by atoms with Gasteiger partial charge in [-0.1, -0.05) is 67.6 Å². The number of carbonyl (C=O) groups is 4. The van der Waals surface area contributed by atoms with Crippen LogP contribution in [-0.2, 0) is 24.7 Å². The molecular weight excluding hydrogens is 390 g/mol. The van der Waals surface area contributed by atoms with Crippen LogP contribution in [0.15, 0.2) is 60.7 Å². The molecule has 1 aliphatic heterocycles. The summed E-state index contributed by atoms with van der Waals surface area (Å²) in [6.45, 7) is 0.966. The van der Waals surface area contributed by atoms with Crippen molar-refractivity contribution in [3.05, 3.63) is 71.8 Å². The number of hydrazine groups is 1. The Bertz CT molecular complexity index is 950. The van der Waals surface area contributed by atoms with Crippen LogP contribution in [0.3, 0.4) is 0 Å². The quantitative estimate of drug-likeness (QED) is 0.464. The smallest absolute Gasteiger partial charge is 0.344 e. The van der Waals surface area contributed by atoms with Crippen LogP contribution in [0.1, 0.15) is 30.6 Å². The number of rotatable bonds is 7. The second-order valence-electron chi connectivity index (χ2n) is 6.65. The number of imide groups is 1. The van der Waals surface area contributed by atoms with Gasteiger partial charge in [0, 0.05) is 0 Å². The van der Waals surface area contributed by atoms with E-state index in [1.165, 1.54) is 12.1 Å². The van der Waals surface area contributed by atoms with Gasteiger partial charge in [-0.3, -0.25) is 15.0 Å². The number of esters is 1. The Balaban J connectivity index is 1.62. The number of aliphatic hydroxyl groups is 1. The van der Waals surface area contributed by atoms with Gasteiger partial charge >= 0.3 is 12.0 Å². The van der Waals surface area contributed by atoms with Gasteiger partial charge in [-0.05, 0) is 17.5 Å². The summed E-state index contributed by atoms with van der Waals surface area (Å²) in [6, 6.07) is 16.0. The van der Waals surface area contributed by atoms with Gasteiger partial charge in [0.2, 0.25) is 0 Å². The lowest BCUT2D eigenvalue weighted by Crippen LogP contribution is -2.49. The van der Waals surface area contributed by atoms with E-state index < -0.39 is 42.1 Å². The fourth-order valence-corrected chi connectivity index (χ4v) is 3.18. The molecule has 4 amide bonds. The van der Waals surface area contributed by atoms with E-state index in [1.807, 2.05) is 0 Å². The number of hydrogen-bond donors (Lipinski definition) is 3. The summed E-state index contributed by atoms with van der Waals surface area (Å²) in [6.07, 6.45) is -1.28. The molecule has 9 nitrogen and oxygen atoms in total. The molecule has 2 aromatic rings. The first kappa shape index (κ1) is 21.0. The van der Waals surface area contributed by atoms with E-state index in [1.54, 1.807) is 55.5 Å². The van der Waals surface area contributed by atoms with Crippen molar-refractivity contribution in [1.82, 2.24) is 15.8 Å². The van der Waals surface area contributed by atoms with E-state index in [2.05, 4.69) is 10.7 Å². The van der Waals surface area contributed by atoms with E-state index in [9.17, 15) is 24.3 Å². The Hall–Kier alpha value is -3.72. The van der Waals surface area contributed by atoms with Gasteiger partial charge in [-0.25, -0.2) is 9.59 Å². The molecule has 2 aromatic carbocycles. The number of nitrogens with zero attached hydrogens (tertiary/aromatic N) is 1. The van der Waals surface area contributed by atoms with E-state index in [0.717, 1.165) is 0 Å². The summed E-state index contributed by atoms with van der Waals surface area (Å²) in [5, 5.41) is 13.1. The summed E-state index contributed by atoms with van der Waals surface area (Å²) in [5.41, 5.74) is 1.74. The third-order valence-corrected chi connectivity index (χ3v) is 4.81. The van der Waals surface area contributed by atoms with E-state index >= 15 is 0 Å². The lowest BCUT2D eigenvalue weighted by atomic mass is 9.87. The van der Waals surface area contributed by atoms with Crippen LogP contribution in [-0.4, -0.2) is 40.5 Å². The molecule has 1 aliphatic rings. The van der Waals surface area contributed by atoms with Crippen molar-refractivity contribution in [3.63, 3.8) is 0 Å². The topological polar surface area (TPSA) is 125 Å². The summed E-state index contributed by atoms with van der Waals surface area (Å²) < 4.78 is 4.79. The zero-order chi connectivity index (χ0) is 21.7. The van der Waals surface area contributed by atoms with Gasteiger partial charge in [-0.2, -0.15) is 5.01 Å². The lowest BCUT2D eigenvalue weighted by molar-refractivity contribution is -0.158. The molecule has 0 saturated carbocycles. The molecule has 1 heterocycles. The highest BCUT2D eigenvalue weighted by Crippen LogP contribution is 2.31. The third-order valence-electron chi connectivity index (χ3n) is 4.81. The summed E-state index contributed by atoms with van der Waals surface area (Å²) in [5.74, 6) is -2.57. The van der Waals surface area contributed by atoms with Gasteiger partial charge in [0.05, 0.1) is 0 Å². The lowest BCUT2D eigenvalue weighted by Gasteiger charge is -2.25. The number of aliphatic hydroxyl groups excluding tert-OH is 1. The van der Waals surface area contributed by atoms with Crippen molar-refractivity contribution >= 4 is 23.8 Å². The molecule has 30 heavy (non-hydrogen) atoms. The normalized spacial score (nSPS) is 19.2. The number of nitrogens with one attached hydrogen (secondary N) is 2. The first-order valence-corrected chi connectivity index (χ1v) is 9.30. The first-order chi connectivity index (χ1) is 14.4. The maximum Gasteiger partial charge on any atom is 0.344 e. The molecule has 0 spiro atoms. The molecule has 1 saturated heterocycles. The summed E-state index contributed by atoms with van der Waals surface area (Å²) >= 11 is 0. The minimum Gasteiger partial charge on any atom is -0.453 e. The van der Waals surface area contributed by atoms with Crippen LogP contribution in [0, 0.1) is 0 Å². The highest BCUT2D eigenvalue weighted by Gasteiger charge is 2.52. The van der Waals surface area contributed by atoms with Crippen molar-refractivity contribution in [1.29, 1.82) is 0 Å². The number of amides is 4. The van der Waals surface area contributed by atoms with Crippen molar-refractivity contribution in [2.75, 3.05) is 6.61 Å². The minimum atomic E-state index is -1.55. The largest absolute Gasteiger partial charge is 0.453 e. The molecule has 0 aromatic heterocycles. The van der Waals surface area contributed by atoms with Crippen LogP contribution in [0.25, 0.3) is 0 Å². The highest BCUT2D eigenvalue weighted by atomic mass is 16.5. The molecule has 0 aliphatic carbocycles. The predicted octanol–water partition coefficient (Wildman–Crippen LogP) is 1.15. The Morgan fingerprint density at radius 3 is 2.30 bits per heavy atom. The van der Waals surface area contributed by atoms with E-state index in [4.69, 9.17) is 4.74 Å². The Morgan fingerprint density at radius 2 is 1.70 bits per heavy atom. The molecule has 0 radical (unpaired) electrons. The minimum absolute atomic E-state index is 0.270. The van der Waals surface area contributed by atoms with Gasteiger partial charge < -0.3 is 15.2 Å².